The molecule has 104 valence electrons. The maximum Gasteiger partial charge on any atom is 0.128 e. The van der Waals surface area contributed by atoms with Crippen LogP contribution < -0.4 is 0 Å². The van der Waals surface area contributed by atoms with Gasteiger partial charge in [0.25, 0.3) is 0 Å². The Kier molecular flexibility index (Phi) is 4.09. The van der Waals surface area contributed by atoms with Crippen molar-refractivity contribution in [1.82, 2.24) is 9.55 Å². The Morgan fingerprint density at radius 2 is 2.20 bits per heavy atom. The number of benzene rings is 1. The molecule has 0 radical (unpaired) electrons. The Bertz CT molecular complexity index is 764. The van der Waals surface area contributed by atoms with E-state index in [1.165, 1.54) is 4.88 Å². The van der Waals surface area contributed by atoms with E-state index in [1.54, 1.807) is 11.3 Å². The van der Waals surface area contributed by atoms with E-state index in [2.05, 4.69) is 30.9 Å². The molecule has 3 rings (SSSR count). The topological polar surface area (TPSA) is 17.8 Å². The third kappa shape index (κ3) is 2.50. The molecule has 3 aromatic rings. The number of nitrogens with zero attached hydrogens (tertiary/aromatic N) is 2. The standard InChI is InChI=1S/C14H11BrCl2N2S/c1-8(16)14-18-11-4-2-3-10(17)13(11)19(14)7-12-9(15)5-6-20-12/h2-6,8H,7H2,1H3. The number of hydrogen-bond acceptors (Lipinski definition) is 2. The van der Waals surface area contributed by atoms with Crippen LogP contribution in [0.4, 0.5) is 0 Å². The summed E-state index contributed by atoms with van der Waals surface area (Å²) >= 11 is 17.9. The SMILES string of the molecule is CC(Cl)c1nc2cccc(Cl)c2n1Cc1sccc1Br. The van der Waals surface area contributed by atoms with Crippen LogP contribution in [0, 0.1) is 0 Å². The Labute approximate surface area is 139 Å². The van der Waals surface area contributed by atoms with Gasteiger partial charge < -0.3 is 4.57 Å². The van der Waals surface area contributed by atoms with Gasteiger partial charge in [-0.15, -0.1) is 22.9 Å². The molecule has 1 unspecified atom stereocenters. The highest BCUT2D eigenvalue weighted by molar-refractivity contribution is 9.10. The van der Waals surface area contributed by atoms with Crippen molar-refractivity contribution in [3.05, 3.63) is 49.8 Å². The summed E-state index contributed by atoms with van der Waals surface area (Å²) in [5.74, 6) is 0.843. The summed E-state index contributed by atoms with van der Waals surface area (Å²) in [6, 6.07) is 7.80. The summed E-state index contributed by atoms with van der Waals surface area (Å²) in [7, 11) is 0. The van der Waals surface area contributed by atoms with Crippen molar-refractivity contribution in [3.63, 3.8) is 0 Å². The molecule has 1 atom stereocenters. The third-order valence-corrected chi connectivity index (χ3v) is 5.51. The Morgan fingerprint density at radius 1 is 1.40 bits per heavy atom. The molecule has 0 saturated carbocycles. The first-order valence-electron chi connectivity index (χ1n) is 6.08. The summed E-state index contributed by atoms with van der Waals surface area (Å²) < 4.78 is 3.20. The molecule has 0 bridgehead atoms. The van der Waals surface area contributed by atoms with Gasteiger partial charge in [0.2, 0.25) is 0 Å². The van der Waals surface area contributed by atoms with Gasteiger partial charge in [0.05, 0.1) is 28.0 Å². The minimum atomic E-state index is -0.169. The number of alkyl halides is 1. The second-order valence-corrected chi connectivity index (χ2v) is 7.39. The fourth-order valence-electron chi connectivity index (χ4n) is 2.20. The van der Waals surface area contributed by atoms with E-state index in [0.717, 1.165) is 21.3 Å². The maximum absolute atomic E-state index is 6.35. The largest absolute Gasteiger partial charge is 0.320 e. The van der Waals surface area contributed by atoms with Crippen molar-refractivity contribution in [1.29, 1.82) is 0 Å². The fraction of sp³-hybridized carbons (Fsp3) is 0.214. The van der Waals surface area contributed by atoms with Gasteiger partial charge >= 0.3 is 0 Å². The second-order valence-electron chi connectivity index (χ2n) is 4.47. The average molecular weight is 390 g/mol. The lowest BCUT2D eigenvalue weighted by Crippen LogP contribution is -2.05. The zero-order valence-corrected chi connectivity index (χ0v) is 14.5. The molecule has 2 nitrogen and oxygen atoms in total. The molecule has 0 saturated heterocycles. The average Bonchev–Trinajstić information content (AvgIpc) is 2.96. The fourth-order valence-corrected chi connectivity index (χ4v) is 4.11. The van der Waals surface area contributed by atoms with Crippen LogP contribution in [-0.2, 0) is 6.54 Å². The van der Waals surface area contributed by atoms with Crippen molar-refractivity contribution < 1.29 is 0 Å². The zero-order valence-electron chi connectivity index (χ0n) is 10.6. The van der Waals surface area contributed by atoms with Gasteiger partial charge in [-0.1, -0.05) is 17.7 Å². The van der Waals surface area contributed by atoms with Crippen LogP contribution in [-0.4, -0.2) is 9.55 Å². The summed E-state index contributed by atoms with van der Waals surface area (Å²) in [5, 5.41) is 2.59. The van der Waals surface area contributed by atoms with Gasteiger partial charge in [-0.2, -0.15) is 0 Å². The van der Waals surface area contributed by atoms with Gasteiger partial charge in [-0.25, -0.2) is 4.98 Å². The Morgan fingerprint density at radius 3 is 2.85 bits per heavy atom. The molecule has 2 heterocycles. The smallest absolute Gasteiger partial charge is 0.128 e. The van der Waals surface area contributed by atoms with Crippen molar-refractivity contribution in [2.75, 3.05) is 0 Å². The monoisotopic (exact) mass is 388 g/mol. The van der Waals surface area contributed by atoms with Crippen LogP contribution in [0.2, 0.25) is 5.02 Å². The summed E-state index contributed by atoms with van der Waals surface area (Å²) in [6.45, 7) is 2.64. The minimum Gasteiger partial charge on any atom is -0.320 e. The highest BCUT2D eigenvalue weighted by atomic mass is 79.9. The van der Waals surface area contributed by atoms with Crippen molar-refractivity contribution in [2.24, 2.45) is 0 Å². The zero-order chi connectivity index (χ0) is 14.3. The lowest BCUT2D eigenvalue weighted by molar-refractivity contribution is 0.749. The van der Waals surface area contributed by atoms with Crippen LogP contribution in [0.1, 0.15) is 23.0 Å². The molecule has 0 aliphatic heterocycles. The van der Waals surface area contributed by atoms with Crippen molar-refractivity contribution in [3.8, 4) is 0 Å². The Balaban J connectivity index is 2.21. The van der Waals surface area contributed by atoms with E-state index in [1.807, 2.05) is 31.2 Å². The van der Waals surface area contributed by atoms with Crippen LogP contribution in [0.25, 0.3) is 11.0 Å². The van der Waals surface area contributed by atoms with Crippen LogP contribution in [0.3, 0.4) is 0 Å². The predicted octanol–water partition coefficient (Wildman–Crippen LogP) is 5.86. The van der Waals surface area contributed by atoms with E-state index in [4.69, 9.17) is 23.2 Å². The summed E-state index contributed by atoms with van der Waals surface area (Å²) in [5.41, 5.74) is 1.82. The van der Waals surface area contributed by atoms with Gasteiger partial charge in [0.1, 0.15) is 5.82 Å². The first-order valence-corrected chi connectivity index (χ1v) is 8.57. The highest BCUT2D eigenvalue weighted by Crippen LogP contribution is 2.32. The van der Waals surface area contributed by atoms with E-state index >= 15 is 0 Å². The van der Waals surface area contributed by atoms with Crippen LogP contribution in [0.5, 0.6) is 0 Å². The number of halogens is 3. The number of rotatable bonds is 3. The lowest BCUT2D eigenvalue weighted by Gasteiger charge is -2.10. The molecule has 1 aromatic carbocycles. The molecule has 0 N–H and O–H groups in total. The third-order valence-electron chi connectivity index (χ3n) is 3.10. The summed E-state index contributed by atoms with van der Waals surface area (Å²) in [4.78, 5) is 5.84. The van der Waals surface area contributed by atoms with Crippen molar-refractivity contribution in [2.45, 2.75) is 18.8 Å². The molecule has 0 fully saturated rings. The van der Waals surface area contributed by atoms with Gasteiger partial charge in [0, 0.05) is 9.35 Å². The van der Waals surface area contributed by atoms with Gasteiger partial charge in [0.15, 0.2) is 0 Å². The molecule has 20 heavy (non-hydrogen) atoms. The highest BCUT2D eigenvalue weighted by Gasteiger charge is 2.18. The number of imidazole rings is 1. The molecule has 0 amide bonds. The minimum absolute atomic E-state index is 0.169. The van der Waals surface area contributed by atoms with E-state index in [-0.39, 0.29) is 5.38 Å². The van der Waals surface area contributed by atoms with E-state index < -0.39 is 0 Å². The number of fused-ring (bicyclic) bond motifs is 1. The normalized spacial score (nSPS) is 13.0. The maximum atomic E-state index is 6.35. The molecule has 2 aromatic heterocycles. The van der Waals surface area contributed by atoms with Gasteiger partial charge in [-0.3, -0.25) is 0 Å². The van der Waals surface area contributed by atoms with E-state index in [9.17, 15) is 0 Å². The number of thiophene rings is 1. The second kappa shape index (κ2) is 5.68. The summed E-state index contributed by atoms with van der Waals surface area (Å²) in [6.07, 6.45) is 0. The molecule has 0 spiro atoms. The molecule has 0 aliphatic carbocycles. The van der Waals surface area contributed by atoms with Crippen LogP contribution >= 0.6 is 50.5 Å². The quantitative estimate of drug-likeness (QED) is 0.512. The lowest BCUT2D eigenvalue weighted by atomic mass is 10.3. The van der Waals surface area contributed by atoms with Crippen molar-refractivity contribution >= 4 is 61.5 Å². The molecule has 0 aliphatic rings. The first-order chi connectivity index (χ1) is 9.58. The number of hydrogen-bond donors (Lipinski definition) is 0. The molecular formula is C14H11BrCl2N2S. The van der Waals surface area contributed by atoms with E-state index in [0.29, 0.717) is 11.6 Å². The van der Waals surface area contributed by atoms with Gasteiger partial charge in [-0.05, 0) is 46.4 Å². The Hall–Kier alpha value is -0.550. The first kappa shape index (κ1) is 14.4. The molecular weight excluding hydrogens is 379 g/mol. The number of aromatic nitrogens is 2. The molecule has 6 heteroatoms. The predicted molar refractivity (Wildman–Crippen MR) is 90.1 cm³/mol. The number of para-hydroxylation sites is 1. The van der Waals surface area contributed by atoms with Crippen LogP contribution in [0.15, 0.2) is 34.1 Å².